The number of nitrogens with one attached hydrogen (secondary N) is 2. The quantitative estimate of drug-likeness (QED) is 0.460. The summed E-state index contributed by atoms with van der Waals surface area (Å²) in [6.07, 6.45) is 1.30. The van der Waals surface area contributed by atoms with Gasteiger partial charge in [0.15, 0.2) is 5.69 Å². The first-order chi connectivity index (χ1) is 10.0. The summed E-state index contributed by atoms with van der Waals surface area (Å²) in [5, 5.41) is 20.7. The minimum absolute atomic E-state index is 0.146. The minimum Gasteiger partial charge on any atom is -0.476 e. The SMILES string of the molecule is COCCNC(=O)CCNC(=O)Cn1cc(C(=O)O)nn1. The Bertz CT molecular complexity index is 501. The van der Waals surface area contributed by atoms with Gasteiger partial charge >= 0.3 is 5.97 Å². The maximum atomic E-state index is 11.5. The molecule has 0 unspecified atom stereocenters. The van der Waals surface area contributed by atoms with Gasteiger partial charge in [0.05, 0.1) is 12.8 Å². The zero-order valence-corrected chi connectivity index (χ0v) is 11.5. The van der Waals surface area contributed by atoms with E-state index in [9.17, 15) is 14.4 Å². The first-order valence-electron chi connectivity index (χ1n) is 6.18. The third-order valence-corrected chi connectivity index (χ3v) is 2.37. The van der Waals surface area contributed by atoms with Gasteiger partial charge in [-0.05, 0) is 0 Å². The molecule has 0 spiro atoms. The number of amides is 2. The molecule has 0 aliphatic heterocycles. The second kappa shape index (κ2) is 8.64. The number of carbonyl (C=O) groups is 3. The molecule has 0 saturated carbocycles. The minimum atomic E-state index is -1.21. The van der Waals surface area contributed by atoms with Crippen molar-refractivity contribution in [2.75, 3.05) is 26.8 Å². The third-order valence-electron chi connectivity index (χ3n) is 2.37. The smallest absolute Gasteiger partial charge is 0.358 e. The Balaban J connectivity index is 2.21. The van der Waals surface area contributed by atoms with Crippen LogP contribution in [0.3, 0.4) is 0 Å². The van der Waals surface area contributed by atoms with Crippen LogP contribution in [0.1, 0.15) is 16.9 Å². The molecule has 10 heteroatoms. The number of carbonyl (C=O) groups excluding carboxylic acids is 2. The van der Waals surface area contributed by atoms with Crippen molar-refractivity contribution in [2.24, 2.45) is 0 Å². The number of hydrogen-bond donors (Lipinski definition) is 3. The van der Waals surface area contributed by atoms with Crippen LogP contribution in [-0.4, -0.2) is 64.7 Å². The fraction of sp³-hybridized carbons (Fsp3) is 0.545. The highest BCUT2D eigenvalue weighted by Gasteiger charge is 2.10. The molecule has 1 rings (SSSR count). The lowest BCUT2D eigenvalue weighted by atomic mass is 10.4. The summed E-state index contributed by atoms with van der Waals surface area (Å²) in [7, 11) is 1.53. The van der Waals surface area contributed by atoms with Crippen molar-refractivity contribution in [3.8, 4) is 0 Å². The maximum Gasteiger partial charge on any atom is 0.358 e. The monoisotopic (exact) mass is 299 g/mol. The predicted molar refractivity (Wildman–Crippen MR) is 69.5 cm³/mol. The van der Waals surface area contributed by atoms with Gasteiger partial charge in [-0.25, -0.2) is 9.48 Å². The molecular weight excluding hydrogens is 282 g/mol. The Labute approximate surface area is 120 Å². The van der Waals surface area contributed by atoms with Crippen LogP contribution in [0.2, 0.25) is 0 Å². The topological polar surface area (TPSA) is 135 Å². The van der Waals surface area contributed by atoms with Crippen molar-refractivity contribution in [3.63, 3.8) is 0 Å². The largest absolute Gasteiger partial charge is 0.476 e. The molecule has 0 bridgehead atoms. The average molecular weight is 299 g/mol. The molecule has 21 heavy (non-hydrogen) atoms. The summed E-state index contributed by atoms with van der Waals surface area (Å²) >= 11 is 0. The highest BCUT2D eigenvalue weighted by molar-refractivity contribution is 5.84. The van der Waals surface area contributed by atoms with Gasteiger partial charge < -0.3 is 20.5 Å². The summed E-state index contributed by atoms with van der Waals surface area (Å²) in [5.74, 6) is -1.79. The second-order valence-corrected chi connectivity index (χ2v) is 4.05. The molecule has 0 aromatic carbocycles. The predicted octanol–water partition coefficient (Wildman–Crippen LogP) is -1.75. The Kier molecular flexibility index (Phi) is 6.81. The fourth-order valence-corrected chi connectivity index (χ4v) is 1.37. The van der Waals surface area contributed by atoms with Crippen molar-refractivity contribution in [2.45, 2.75) is 13.0 Å². The molecule has 0 saturated heterocycles. The first-order valence-corrected chi connectivity index (χ1v) is 6.18. The van der Waals surface area contributed by atoms with Crippen LogP contribution in [0, 0.1) is 0 Å². The number of hydrogen-bond acceptors (Lipinski definition) is 6. The number of rotatable bonds is 9. The van der Waals surface area contributed by atoms with Gasteiger partial charge in [-0.2, -0.15) is 0 Å². The van der Waals surface area contributed by atoms with Gasteiger partial charge in [-0.1, -0.05) is 5.21 Å². The van der Waals surface area contributed by atoms with Gasteiger partial charge in [0, 0.05) is 26.6 Å². The average Bonchev–Trinajstić information content (AvgIpc) is 2.87. The number of ether oxygens (including phenoxy) is 1. The first kappa shape index (κ1) is 16.6. The molecule has 0 atom stereocenters. The molecule has 116 valence electrons. The molecule has 0 radical (unpaired) electrons. The van der Waals surface area contributed by atoms with E-state index in [0.717, 1.165) is 10.9 Å². The number of methoxy groups -OCH3 is 1. The van der Waals surface area contributed by atoms with E-state index in [1.165, 1.54) is 7.11 Å². The van der Waals surface area contributed by atoms with E-state index in [2.05, 4.69) is 20.9 Å². The van der Waals surface area contributed by atoms with Crippen LogP contribution < -0.4 is 10.6 Å². The summed E-state index contributed by atoms with van der Waals surface area (Å²) in [5.41, 5.74) is -0.236. The van der Waals surface area contributed by atoms with Gasteiger partial charge in [-0.3, -0.25) is 9.59 Å². The van der Waals surface area contributed by atoms with E-state index >= 15 is 0 Å². The number of carboxylic acid groups (broad SMARTS) is 1. The fourth-order valence-electron chi connectivity index (χ4n) is 1.37. The van der Waals surface area contributed by atoms with E-state index in [1.54, 1.807) is 0 Å². The lowest BCUT2D eigenvalue weighted by Crippen LogP contribution is -2.33. The van der Waals surface area contributed by atoms with Crippen LogP contribution >= 0.6 is 0 Å². The van der Waals surface area contributed by atoms with E-state index in [0.29, 0.717) is 13.2 Å². The van der Waals surface area contributed by atoms with Gasteiger partial charge in [0.25, 0.3) is 0 Å². The molecule has 1 heterocycles. The molecule has 0 aliphatic rings. The van der Waals surface area contributed by atoms with E-state index in [4.69, 9.17) is 9.84 Å². The van der Waals surface area contributed by atoms with E-state index in [1.807, 2.05) is 0 Å². The molecule has 1 aromatic heterocycles. The van der Waals surface area contributed by atoms with Crippen LogP contribution in [0.4, 0.5) is 0 Å². The lowest BCUT2D eigenvalue weighted by molar-refractivity contribution is -0.122. The molecule has 1 aromatic rings. The maximum absolute atomic E-state index is 11.5. The molecule has 3 N–H and O–H groups in total. The molecular formula is C11H17N5O5. The molecule has 0 aliphatic carbocycles. The number of nitrogens with zero attached hydrogens (tertiary/aromatic N) is 3. The Morgan fingerprint density at radius 2 is 2.00 bits per heavy atom. The van der Waals surface area contributed by atoms with Crippen molar-refractivity contribution in [1.29, 1.82) is 0 Å². The highest BCUT2D eigenvalue weighted by atomic mass is 16.5. The van der Waals surface area contributed by atoms with Crippen LogP contribution in [0.15, 0.2) is 6.20 Å². The normalized spacial score (nSPS) is 10.1. The second-order valence-electron chi connectivity index (χ2n) is 4.05. The Morgan fingerprint density at radius 1 is 1.29 bits per heavy atom. The summed E-state index contributed by atoms with van der Waals surface area (Å²) in [6, 6.07) is 0. The standard InChI is InChI=1S/C11H17N5O5/c1-21-5-4-13-9(17)2-3-12-10(18)7-16-6-8(11(19)20)14-15-16/h6H,2-5,7H2,1H3,(H,12,18)(H,13,17)(H,19,20). The Morgan fingerprint density at radius 3 is 2.62 bits per heavy atom. The van der Waals surface area contributed by atoms with Crippen molar-refractivity contribution >= 4 is 17.8 Å². The van der Waals surface area contributed by atoms with Gasteiger partial charge in [-0.15, -0.1) is 5.10 Å². The van der Waals surface area contributed by atoms with Gasteiger partial charge in [0.2, 0.25) is 11.8 Å². The highest BCUT2D eigenvalue weighted by Crippen LogP contribution is 1.92. The van der Waals surface area contributed by atoms with E-state index < -0.39 is 5.97 Å². The zero-order valence-electron chi connectivity index (χ0n) is 11.5. The molecule has 2 amide bonds. The van der Waals surface area contributed by atoms with Crippen molar-refractivity contribution in [3.05, 3.63) is 11.9 Å². The van der Waals surface area contributed by atoms with Crippen LogP contribution in [0.25, 0.3) is 0 Å². The van der Waals surface area contributed by atoms with E-state index in [-0.39, 0.29) is 37.0 Å². The molecule has 0 fully saturated rings. The van der Waals surface area contributed by atoms with Crippen LogP contribution in [0.5, 0.6) is 0 Å². The zero-order chi connectivity index (χ0) is 15.7. The van der Waals surface area contributed by atoms with Gasteiger partial charge in [0.1, 0.15) is 6.54 Å². The van der Waals surface area contributed by atoms with Crippen molar-refractivity contribution < 1.29 is 24.2 Å². The summed E-state index contributed by atoms with van der Waals surface area (Å²) < 4.78 is 5.89. The number of aromatic nitrogens is 3. The third kappa shape index (κ3) is 6.47. The number of aromatic carboxylic acids is 1. The van der Waals surface area contributed by atoms with Crippen molar-refractivity contribution in [1.82, 2.24) is 25.6 Å². The Hall–Kier alpha value is -2.49. The molecule has 10 nitrogen and oxygen atoms in total. The lowest BCUT2D eigenvalue weighted by Gasteiger charge is -2.06. The van der Waals surface area contributed by atoms with Crippen LogP contribution in [-0.2, 0) is 20.9 Å². The summed E-state index contributed by atoms with van der Waals surface area (Å²) in [6.45, 7) is 0.861. The number of carboxylic acids is 1. The summed E-state index contributed by atoms with van der Waals surface area (Å²) in [4.78, 5) is 33.4.